The number of nitrogens with zero attached hydrogens (tertiary/aromatic N) is 2. The van der Waals surface area contributed by atoms with Gasteiger partial charge in [-0.25, -0.2) is 4.98 Å². The molecule has 0 saturated heterocycles. The minimum absolute atomic E-state index is 0.489. The van der Waals surface area contributed by atoms with Crippen LogP contribution < -0.4 is 5.32 Å². The summed E-state index contributed by atoms with van der Waals surface area (Å²) in [7, 11) is 0. The standard InChI is InChI=1S/C12H6BrCl2N3/c13-10-3-9(15)6-17-12(10)18-11-4-8(14)2-1-7(11)5-16/h1-4,6H,(H,17,18). The molecule has 0 amide bonds. The molecule has 3 nitrogen and oxygen atoms in total. The van der Waals surface area contributed by atoms with Crippen molar-refractivity contribution in [3.63, 3.8) is 0 Å². The van der Waals surface area contributed by atoms with Crippen LogP contribution in [0.4, 0.5) is 11.5 Å². The van der Waals surface area contributed by atoms with Crippen molar-refractivity contribution in [1.29, 1.82) is 5.26 Å². The lowest BCUT2D eigenvalue weighted by atomic mass is 10.2. The Hall–Kier alpha value is -1.28. The number of aromatic nitrogens is 1. The smallest absolute Gasteiger partial charge is 0.144 e. The number of hydrogen-bond acceptors (Lipinski definition) is 3. The van der Waals surface area contributed by atoms with Gasteiger partial charge in [0.2, 0.25) is 0 Å². The maximum atomic E-state index is 9.01. The van der Waals surface area contributed by atoms with E-state index in [0.717, 1.165) is 0 Å². The summed E-state index contributed by atoms with van der Waals surface area (Å²) >= 11 is 15.1. The summed E-state index contributed by atoms with van der Waals surface area (Å²) in [6, 6.07) is 8.78. The number of rotatable bonds is 2. The van der Waals surface area contributed by atoms with Crippen molar-refractivity contribution >= 4 is 50.6 Å². The predicted octanol–water partition coefficient (Wildman–Crippen LogP) is 4.77. The maximum Gasteiger partial charge on any atom is 0.144 e. The van der Waals surface area contributed by atoms with Gasteiger partial charge in [-0.15, -0.1) is 0 Å². The Morgan fingerprint density at radius 3 is 2.67 bits per heavy atom. The van der Waals surface area contributed by atoms with E-state index in [1.165, 1.54) is 6.20 Å². The lowest BCUT2D eigenvalue weighted by molar-refractivity contribution is 1.29. The summed E-state index contributed by atoms with van der Waals surface area (Å²) < 4.78 is 0.707. The van der Waals surface area contributed by atoms with E-state index in [9.17, 15) is 0 Å². The number of nitriles is 1. The van der Waals surface area contributed by atoms with E-state index in [0.29, 0.717) is 31.6 Å². The van der Waals surface area contributed by atoms with Gasteiger partial charge in [0.1, 0.15) is 11.9 Å². The van der Waals surface area contributed by atoms with Crippen molar-refractivity contribution < 1.29 is 0 Å². The van der Waals surface area contributed by atoms with Gasteiger partial charge in [-0.1, -0.05) is 23.2 Å². The molecule has 0 saturated carbocycles. The molecular weight excluding hydrogens is 337 g/mol. The van der Waals surface area contributed by atoms with Crippen LogP contribution in [0.5, 0.6) is 0 Å². The third-order valence-corrected chi connectivity index (χ3v) is 3.21. The van der Waals surface area contributed by atoms with Crippen LogP contribution in [-0.2, 0) is 0 Å². The summed E-state index contributed by atoms with van der Waals surface area (Å²) in [5, 5.41) is 13.1. The molecule has 1 N–H and O–H groups in total. The zero-order valence-electron chi connectivity index (χ0n) is 8.92. The fourth-order valence-corrected chi connectivity index (χ4v) is 2.26. The minimum atomic E-state index is 0.489. The van der Waals surface area contributed by atoms with Crippen LogP contribution in [0.3, 0.4) is 0 Å². The molecule has 0 radical (unpaired) electrons. The average molecular weight is 343 g/mol. The summed E-state index contributed by atoms with van der Waals surface area (Å²) in [4.78, 5) is 4.14. The van der Waals surface area contributed by atoms with Crippen molar-refractivity contribution in [2.24, 2.45) is 0 Å². The van der Waals surface area contributed by atoms with Crippen molar-refractivity contribution in [3.8, 4) is 6.07 Å². The second-order valence-corrected chi connectivity index (χ2v) is 5.14. The number of benzene rings is 1. The molecule has 1 aromatic carbocycles. The van der Waals surface area contributed by atoms with E-state index in [-0.39, 0.29) is 0 Å². The second-order valence-electron chi connectivity index (χ2n) is 3.41. The van der Waals surface area contributed by atoms with Crippen LogP contribution >= 0.6 is 39.1 Å². The van der Waals surface area contributed by atoms with E-state index >= 15 is 0 Å². The molecule has 0 spiro atoms. The van der Waals surface area contributed by atoms with Crippen molar-refractivity contribution in [1.82, 2.24) is 4.98 Å². The molecule has 0 unspecified atom stereocenters. The highest BCUT2D eigenvalue weighted by Crippen LogP contribution is 2.29. The minimum Gasteiger partial charge on any atom is -0.338 e. The van der Waals surface area contributed by atoms with Crippen LogP contribution in [0.15, 0.2) is 34.9 Å². The number of nitrogens with one attached hydrogen (secondary N) is 1. The van der Waals surface area contributed by atoms with Crippen LogP contribution in [0, 0.1) is 11.3 Å². The van der Waals surface area contributed by atoms with E-state index in [1.54, 1.807) is 24.3 Å². The lowest BCUT2D eigenvalue weighted by Gasteiger charge is -2.09. The SMILES string of the molecule is N#Cc1ccc(Cl)cc1Nc1ncc(Cl)cc1Br. The molecule has 0 atom stereocenters. The van der Waals surface area contributed by atoms with Gasteiger partial charge in [0.25, 0.3) is 0 Å². The zero-order chi connectivity index (χ0) is 13.1. The van der Waals surface area contributed by atoms with E-state index in [2.05, 4.69) is 32.3 Å². The van der Waals surface area contributed by atoms with Gasteiger partial charge in [0.05, 0.1) is 20.7 Å². The molecule has 0 aliphatic rings. The first-order valence-electron chi connectivity index (χ1n) is 4.88. The summed E-state index contributed by atoms with van der Waals surface area (Å²) in [5.74, 6) is 0.568. The Kier molecular flexibility index (Phi) is 4.07. The largest absolute Gasteiger partial charge is 0.338 e. The summed E-state index contributed by atoms with van der Waals surface area (Å²) in [6.07, 6.45) is 1.52. The van der Waals surface area contributed by atoms with E-state index in [1.807, 2.05) is 0 Å². The van der Waals surface area contributed by atoms with Crippen molar-refractivity contribution in [2.45, 2.75) is 0 Å². The Bertz CT molecular complexity index is 638. The average Bonchev–Trinajstić information content (AvgIpc) is 2.33. The zero-order valence-corrected chi connectivity index (χ0v) is 12.0. The van der Waals surface area contributed by atoms with Crippen LogP contribution in [0.2, 0.25) is 10.0 Å². The summed E-state index contributed by atoms with van der Waals surface area (Å²) in [5.41, 5.74) is 1.09. The first-order valence-corrected chi connectivity index (χ1v) is 6.43. The normalized spacial score (nSPS) is 9.89. The van der Waals surface area contributed by atoms with Gasteiger partial charge in [0.15, 0.2) is 0 Å². The van der Waals surface area contributed by atoms with Gasteiger partial charge < -0.3 is 5.32 Å². The molecule has 2 aromatic rings. The molecule has 18 heavy (non-hydrogen) atoms. The number of hydrogen-bond donors (Lipinski definition) is 1. The molecule has 0 fully saturated rings. The van der Waals surface area contributed by atoms with Gasteiger partial charge in [-0.2, -0.15) is 5.26 Å². The van der Waals surface area contributed by atoms with Crippen molar-refractivity contribution in [2.75, 3.05) is 5.32 Å². The van der Waals surface area contributed by atoms with Gasteiger partial charge >= 0.3 is 0 Å². The van der Waals surface area contributed by atoms with Gasteiger partial charge in [0, 0.05) is 11.2 Å². The predicted molar refractivity (Wildman–Crippen MR) is 76.4 cm³/mol. The van der Waals surface area contributed by atoms with Crippen LogP contribution in [0.25, 0.3) is 0 Å². The molecular formula is C12H6BrCl2N3. The quantitative estimate of drug-likeness (QED) is 0.855. The fourth-order valence-electron chi connectivity index (χ4n) is 1.35. The molecule has 1 heterocycles. The highest BCUT2D eigenvalue weighted by atomic mass is 79.9. The Balaban J connectivity index is 2.40. The van der Waals surface area contributed by atoms with E-state index in [4.69, 9.17) is 28.5 Å². The first kappa shape index (κ1) is 13.2. The number of halogens is 3. The number of pyridine rings is 1. The Labute approximate surface area is 122 Å². The molecule has 90 valence electrons. The maximum absolute atomic E-state index is 9.01. The Morgan fingerprint density at radius 1 is 1.22 bits per heavy atom. The van der Waals surface area contributed by atoms with Crippen molar-refractivity contribution in [3.05, 3.63) is 50.5 Å². The highest BCUT2D eigenvalue weighted by Gasteiger charge is 2.07. The molecule has 6 heteroatoms. The molecule has 0 aliphatic carbocycles. The van der Waals surface area contributed by atoms with Gasteiger partial charge in [-0.05, 0) is 40.2 Å². The Morgan fingerprint density at radius 2 is 2.00 bits per heavy atom. The number of anilines is 2. The topological polar surface area (TPSA) is 48.7 Å². The van der Waals surface area contributed by atoms with Crippen LogP contribution in [-0.4, -0.2) is 4.98 Å². The third-order valence-electron chi connectivity index (χ3n) is 2.16. The summed E-state index contributed by atoms with van der Waals surface area (Å²) in [6.45, 7) is 0. The molecule has 0 bridgehead atoms. The monoisotopic (exact) mass is 341 g/mol. The first-order chi connectivity index (χ1) is 8.60. The molecule has 1 aromatic heterocycles. The molecule has 0 aliphatic heterocycles. The second kappa shape index (κ2) is 5.57. The lowest BCUT2D eigenvalue weighted by Crippen LogP contribution is -1.97. The van der Waals surface area contributed by atoms with Gasteiger partial charge in [-0.3, -0.25) is 0 Å². The molecule has 2 rings (SSSR count). The highest BCUT2D eigenvalue weighted by molar-refractivity contribution is 9.10. The fraction of sp³-hybridized carbons (Fsp3) is 0. The van der Waals surface area contributed by atoms with Crippen LogP contribution in [0.1, 0.15) is 5.56 Å². The van der Waals surface area contributed by atoms with E-state index < -0.39 is 0 Å². The third kappa shape index (κ3) is 2.94.